The van der Waals surface area contributed by atoms with E-state index in [0.29, 0.717) is 98.1 Å². The van der Waals surface area contributed by atoms with E-state index >= 15 is 0 Å². The van der Waals surface area contributed by atoms with E-state index in [1.165, 1.54) is 79.7 Å². The molecule has 2 unspecified atom stereocenters. The van der Waals surface area contributed by atoms with Crippen molar-refractivity contribution in [2.45, 2.75) is 50.6 Å². The molecule has 2 aliphatic heterocycles. The molecule has 0 bridgehead atoms. The Hall–Kier alpha value is -9.87. The van der Waals surface area contributed by atoms with Gasteiger partial charge in [0.2, 0.25) is 0 Å². The van der Waals surface area contributed by atoms with Crippen LogP contribution in [0.5, 0.6) is 0 Å². The number of benzene rings is 5. The average molecular weight is 1090 g/mol. The maximum absolute atomic E-state index is 13.1. The van der Waals surface area contributed by atoms with Crippen molar-refractivity contribution in [3.05, 3.63) is 204 Å². The topological polar surface area (TPSA) is 329 Å². The first-order valence-corrected chi connectivity index (χ1v) is 24.4. The van der Waals surface area contributed by atoms with Crippen molar-refractivity contribution < 1.29 is 39.3 Å². The molecule has 0 radical (unpaired) electrons. The number of carboxylic acids is 3. The third kappa shape index (κ3) is 11.8. The standard InChI is InChI=1S/2C23H17ClN6O4.C7H7NO2/c2*24-15-5-6-18(29-12-25-27-28-29)16(10-15)17-11-22(32)30-19(7-8-21(30)26-17)20(31)9-13-1-3-14(4-2-13)23(33)34;8-6-3-1-5(2-4-6)7(9)10/h2*1-6,10-12,19H,7-9H2,(H,33,34);1-4H,8H2,(H,9,10). The number of nitrogens with two attached hydrogens (primary N) is 1. The summed E-state index contributed by atoms with van der Waals surface area (Å²) in [7, 11) is 0. The van der Waals surface area contributed by atoms with Crippen LogP contribution in [0.3, 0.4) is 0 Å². The Morgan fingerprint density at radius 3 is 1.24 bits per heavy atom. The van der Waals surface area contributed by atoms with Crippen molar-refractivity contribution in [1.82, 2.24) is 59.5 Å². The Morgan fingerprint density at radius 1 is 0.526 bits per heavy atom. The number of nitrogens with zero attached hydrogens (tertiary/aromatic N) is 12. The van der Waals surface area contributed by atoms with E-state index in [-0.39, 0.29) is 52.2 Å². The van der Waals surface area contributed by atoms with E-state index in [9.17, 15) is 33.6 Å². The Bertz CT molecular complexity index is 3650. The van der Waals surface area contributed by atoms with Crippen molar-refractivity contribution in [1.29, 1.82) is 0 Å². The zero-order valence-corrected chi connectivity index (χ0v) is 42.0. The number of anilines is 1. The molecule has 0 spiro atoms. The summed E-state index contributed by atoms with van der Waals surface area (Å²) < 4.78 is 5.80. The average Bonchev–Trinajstić information content (AvgIpc) is 4.36. The van der Waals surface area contributed by atoms with Crippen LogP contribution in [0.1, 0.15) is 78.8 Å². The van der Waals surface area contributed by atoms with Gasteiger partial charge in [0.1, 0.15) is 24.3 Å². The Balaban J connectivity index is 0.000000161. The molecule has 4 aromatic heterocycles. The summed E-state index contributed by atoms with van der Waals surface area (Å²) in [6.45, 7) is 0. The molecular formula is C53H41Cl2N13O10. The minimum atomic E-state index is -1.03. The van der Waals surface area contributed by atoms with Gasteiger partial charge in [0.25, 0.3) is 11.1 Å². The molecule has 0 fully saturated rings. The van der Waals surface area contributed by atoms with Gasteiger partial charge in [0.05, 0.1) is 51.5 Å². The molecule has 9 aromatic rings. The second-order valence-corrected chi connectivity index (χ2v) is 18.6. The van der Waals surface area contributed by atoms with Crippen LogP contribution in [-0.4, -0.2) is 104 Å². The number of hydrogen-bond acceptors (Lipinski definition) is 16. The Labute approximate surface area is 449 Å². The van der Waals surface area contributed by atoms with Crippen molar-refractivity contribution >= 4 is 58.4 Å². The van der Waals surface area contributed by atoms with Gasteiger partial charge in [-0.3, -0.25) is 28.3 Å². The fraction of sp³-hybridized carbons (Fsp3) is 0.151. The molecule has 0 saturated carbocycles. The summed E-state index contributed by atoms with van der Waals surface area (Å²) in [5.74, 6) is -2.21. The summed E-state index contributed by atoms with van der Waals surface area (Å²) >= 11 is 12.4. The van der Waals surface area contributed by atoms with Gasteiger partial charge in [0, 0.05) is 64.7 Å². The zero-order chi connectivity index (χ0) is 55.2. The second kappa shape index (κ2) is 22.9. The normalized spacial score (nSPS) is 14.0. The van der Waals surface area contributed by atoms with Gasteiger partial charge in [0.15, 0.2) is 11.6 Å². The number of aromatic nitrogens is 12. The van der Waals surface area contributed by atoms with Gasteiger partial charge < -0.3 is 21.1 Å². The fourth-order valence-electron chi connectivity index (χ4n) is 8.94. The highest BCUT2D eigenvalue weighted by atomic mass is 35.5. The molecule has 392 valence electrons. The predicted octanol–water partition coefficient (Wildman–Crippen LogP) is 6.04. The lowest BCUT2D eigenvalue weighted by atomic mass is 10.0. The predicted molar refractivity (Wildman–Crippen MR) is 280 cm³/mol. The lowest BCUT2D eigenvalue weighted by Gasteiger charge is -2.15. The first-order chi connectivity index (χ1) is 37.5. The third-order valence-electron chi connectivity index (χ3n) is 12.7. The Kier molecular flexibility index (Phi) is 15.6. The molecule has 0 saturated heterocycles. The van der Waals surface area contributed by atoms with Crippen LogP contribution in [0.2, 0.25) is 10.0 Å². The summed E-state index contributed by atoms with van der Waals surface area (Å²) in [6, 6.07) is 30.1. The number of aromatic carboxylic acids is 3. The minimum absolute atomic E-state index is 0.0932. The number of carboxylic acid groups (broad SMARTS) is 3. The smallest absolute Gasteiger partial charge is 0.335 e. The molecule has 25 heteroatoms. The molecule has 11 rings (SSSR count). The largest absolute Gasteiger partial charge is 0.478 e. The summed E-state index contributed by atoms with van der Waals surface area (Å²) in [5.41, 5.74) is 10.4. The molecule has 6 heterocycles. The van der Waals surface area contributed by atoms with Crippen LogP contribution in [-0.2, 0) is 35.3 Å². The van der Waals surface area contributed by atoms with E-state index < -0.39 is 30.0 Å². The number of Topliss-reactive ketones (excluding diaryl/α,β-unsaturated/α-hetero) is 2. The number of nitrogen functional groups attached to an aromatic ring is 1. The third-order valence-corrected chi connectivity index (χ3v) is 13.1. The molecule has 5 N–H and O–H groups in total. The first-order valence-electron chi connectivity index (χ1n) is 23.6. The summed E-state index contributed by atoms with van der Waals surface area (Å²) in [5, 5.41) is 49.9. The minimum Gasteiger partial charge on any atom is -0.478 e. The maximum atomic E-state index is 13.1. The van der Waals surface area contributed by atoms with Gasteiger partial charge in [-0.05, 0) is 130 Å². The van der Waals surface area contributed by atoms with Crippen LogP contribution >= 0.6 is 23.2 Å². The van der Waals surface area contributed by atoms with Crippen molar-refractivity contribution in [2.75, 3.05) is 5.73 Å². The van der Waals surface area contributed by atoms with E-state index in [4.69, 9.17) is 44.3 Å². The summed E-state index contributed by atoms with van der Waals surface area (Å²) in [4.78, 5) is 93.9. The summed E-state index contributed by atoms with van der Waals surface area (Å²) in [6.07, 6.45) is 4.93. The maximum Gasteiger partial charge on any atom is 0.335 e. The molecular weight excluding hydrogens is 1050 g/mol. The number of hydrogen-bond donors (Lipinski definition) is 4. The van der Waals surface area contributed by atoms with Crippen LogP contribution in [0.4, 0.5) is 5.69 Å². The molecule has 5 aromatic carbocycles. The van der Waals surface area contributed by atoms with E-state index in [0.717, 1.165) is 0 Å². The number of halogens is 2. The zero-order valence-electron chi connectivity index (χ0n) is 40.5. The highest BCUT2D eigenvalue weighted by molar-refractivity contribution is 6.31. The Morgan fingerprint density at radius 2 is 0.897 bits per heavy atom. The number of carbonyl (C=O) groups excluding carboxylic acids is 2. The number of aryl methyl sites for hydroxylation is 2. The number of ketones is 2. The molecule has 0 aliphatic carbocycles. The van der Waals surface area contributed by atoms with Crippen molar-refractivity contribution in [2.24, 2.45) is 0 Å². The lowest BCUT2D eigenvalue weighted by Crippen LogP contribution is -2.29. The van der Waals surface area contributed by atoms with Gasteiger partial charge in [-0.25, -0.2) is 24.4 Å². The number of carbonyl (C=O) groups is 5. The molecule has 23 nitrogen and oxygen atoms in total. The first kappa shape index (κ1) is 53.0. The SMILES string of the molecule is Nc1ccc(C(=O)O)cc1.O=C(O)c1ccc(CC(=O)C2CCc3nc(-c4cc(Cl)ccc4-n4cnnn4)cc(=O)n32)cc1.O=C(O)c1ccc(CC(=O)C2CCc3nc(-c4cc(Cl)ccc4-n4cnnn4)cc(=O)n32)cc1. The molecule has 2 atom stereocenters. The number of tetrazole rings is 2. The monoisotopic (exact) mass is 1090 g/mol. The number of rotatable bonds is 13. The van der Waals surface area contributed by atoms with Crippen LogP contribution < -0.4 is 16.9 Å². The van der Waals surface area contributed by atoms with Gasteiger partial charge in [-0.15, -0.1) is 10.2 Å². The van der Waals surface area contributed by atoms with Crippen LogP contribution in [0, 0.1) is 0 Å². The van der Waals surface area contributed by atoms with E-state index in [1.54, 1.807) is 72.8 Å². The number of fused-ring (bicyclic) bond motifs is 2. The lowest BCUT2D eigenvalue weighted by molar-refractivity contribution is -0.122. The van der Waals surface area contributed by atoms with Gasteiger partial charge in [-0.1, -0.05) is 47.5 Å². The van der Waals surface area contributed by atoms with Gasteiger partial charge in [-0.2, -0.15) is 9.36 Å². The van der Waals surface area contributed by atoms with E-state index in [2.05, 4.69) is 41.0 Å². The molecule has 2 aliphatic rings. The van der Waals surface area contributed by atoms with Crippen LogP contribution in [0.15, 0.2) is 144 Å². The van der Waals surface area contributed by atoms with Crippen molar-refractivity contribution in [3.63, 3.8) is 0 Å². The second-order valence-electron chi connectivity index (χ2n) is 17.7. The highest BCUT2D eigenvalue weighted by Crippen LogP contribution is 2.33. The van der Waals surface area contributed by atoms with Crippen molar-refractivity contribution in [3.8, 4) is 33.9 Å². The van der Waals surface area contributed by atoms with Gasteiger partial charge >= 0.3 is 17.9 Å². The quantitative estimate of drug-likeness (QED) is 0.0956. The van der Waals surface area contributed by atoms with Crippen LogP contribution in [0.25, 0.3) is 33.9 Å². The fourth-order valence-corrected chi connectivity index (χ4v) is 9.28. The molecule has 0 amide bonds. The van der Waals surface area contributed by atoms with E-state index in [1.807, 2.05) is 0 Å². The highest BCUT2D eigenvalue weighted by Gasteiger charge is 2.32. The molecule has 78 heavy (non-hydrogen) atoms.